The number of hydrogen-bond acceptors (Lipinski definition) is 3. The predicted molar refractivity (Wildman–Crippen MR) is 117 cm³/mol. The third-order valence-electron chi connectivity index (χ3n) is 5.30. The van der Waals surface area contributed by atoms with Gasteiger partial charge in [0.05, 0.1) is 0 Å². The van der Waals surface area contributed by atoms with Crippen LogP contribution in [0.1, 0.15) is 22.6 Å². The Kier molecular flexibility index (Phi) is 6.04. The van der Waals surface area contributed by atoms with Crippen LogP contribution in [0.3, 0.4) is 0 Å². The average Bonchev–Trinajstić information content (AvgIpc) is 3.05. The summed E-state index contributed by atoms with van der Waals surface area (Å²) in [5, 5.41) is 11.9. The lowest BCUT2D eigenvalue weighted by atomic mass is 9.98. The molecule has 1 amide bonds. The van der Waals surface area contributed by atoms with Crippen LogP contribution in [0.4, 0.5) is 9.18 Å². The minimum atomic E-state index is -1.25. The number of nitrogens with one attached hydrogen (secondary N) is 1. The second-order valence-electron chi connectivity index (χ2n) is 7.34. The van der Waals surface area contributed by atoms with Crippen molar-refractivity contribution in [2.75, 3.05) is 6.61 Å². The molecule has 0 aromatic heterocycles. The Balaban J connectivity index is 1.44. The van der Waals surface area contributed by atoms with Gasteiger partial charge in [-0.25, -0.2) is 14.0 Å². The Hall–Kier alpha value is -3.19. The average molecular weight is 484 g/mol. The summed E-state index contributed by atoms with van der Waals surface area (Å²) in [6.45, 7) is 0.0811. The van der Waals surface area contributed by atoms with Crippen LogP contribution in [0.2, 0.25) is 0 Å². The topological polar surface area (TPSA) is 75.6 Å². The third-order valence-corrected chi connectivity index (χ3v) is 5.75. The molecule has 1 aliphatic rings. The van der Waals surface area contributed by atoms with E-state index in [-0.39, 0.29) is 18.9 Å². The summed E-state index contributed by atoms with van der Waals surface area (Å²) in [4.78, 5) is 24.0. The Labute approximate surface area is 187 Å². The van der Waals surface area contributed by atoms with Crippen LogP contribution in [0, 0.1) is 5.82 Å². The summed E-state index contributed by atoms with van der Waals surface area (Å²) < 4.78 is 19.5. The van der Waals surface area contributed by atoms with Gasteiger partial charge >= 0.3 is 12.1 Å². The second kappa shape index (κ2) is 8.89. The molecule has 1 aliphatic carbocycles. The fourth-order valence-corrected chi connectivity index (χ4v) is 4.46. The molecule has 0 aliphatic heterocycles. The Morgan fingerprint density at radius 1 is 1.03 bits per heavy atom. The van der Waals surface area contributed by atoms with E-state index < -0.39 is 23.9 Å². The monoisotopic (exact) mass is 483 g/mol. The lowest BCUT2D eigenvalue weighted by molar-refractivity contribution is -0.139. The number of alkyl carbamates (subject to hydrolysis) is 1. The second-order valence-corrected chi connectivity index (χ2v) is 8.26. The molecule has 1 unspecified atom stereocenters. The lowest BCUT2D eigenvalue weighted by Gasteiger charge is -2.17. The fourth-order valence-electron chi connectivity index (χ4n) is 3.95. The van der Waals surface area contributed by atoms with Gasteiger partial charge in [0.25, 0.3) is 0 Å². The number of carboxylic acid groups (broad SMARTS) is 1. The number of carboxylic acids is 1. The quantitative estimate of drug-likeness (QED) is 0.509. The number of ether oxygens (including phenoxy) is 1. The number of carbonyl (C=O) groups excluding carboxylic acids is 1. The molecule has 4 rings (SSSR count). The zero-order chi connectivity index (χ0) is 22.0. The number of rotatable bonds is 6. The number of carbonyl (C=O) groups is 2. The summed E-state index contributed by atoms with van der Waals surface area (Å²) in [6.07, 6.45) is -0.902. The minimum Gasteiger partial charge on any atom is -0.480 e. The molecule has 7 heteroatoms. The standard InChI is InChI=1S/C24H19BrFNO4/c25-15-9-14(10-16(26)12-15)11-22(23(28)29)27-24(30)31-13-21-19-7-3-1-5-17(19)18-6-2-4-8-20(18)21/h1-10,12,21-22H,11,13H2,(H,27,30)(H,28,29). The largest absolute Gasteiger partial charge is 0.480 e. The van der Waals surface area contributed by atoms with Crippen LogP contribution >= 0.6 is 15.9 Å². The minimum absolute atomic E-state index is 0.0735. The van der Waals surface area contributed by atoms with Gasteiger partial charge in [-0.2, -0.15) is 0 Å². The SMILES string of the molecule is O=C(NC(Cc1cc(F)cc(Br)c1)C(=O)O)OCC1c2ccccc2-c2ccccc21. The highest BCUT2D eigenvalue weighted by atomic mass is 79.9. The normalized spacial score (nSPS) is 13.2. The maximum absolute atomic E-state index is 13.6. The van der Waals surface area contributed by atoms with E-state index in [1.165, 1.54) is 12.1 Å². The molecule has 31 heavy (non-hydrogen) atoms. The molecular formula is C24H19BrFNO4. The van der Waals surface area contributed by atoms with Crippen molar-refractivity contribution in [2.45, 2.75) is 18.4 Å². The van der Waals surface area contributed by atoms with Gasteiger partial charge in [0, 0.05) is 16.8 Å². The molecule has 0 heterocycles. The van der Waals surface area contributed by atoms with E-state index in [4.69, 9.17) is 4.74 Å². The molecule has 0 saturated heterocycles. The van der Waals surface area contributed by atoms with E-state index in [1.54, 1.807) is 6.07 Å². The van der Waals surface area contributed by atoms with Gasteiger partial charge in [-0.15, -0.1) is 0 Å². The summed E-state index contributed by atoms with van der Waals surface area (Å²) in [5.74, 6) is -1.84. The first-order valence-corrected chi connectivity index (χ1v) is 10.5. The molecule has 0 fully saturated rings. The molecule has 0 spiro atoms. The van der Waals surface area contributed by atoms with Gasteiger partial charge in [0.1, 0.15) is 18.5 Å². The van der Waals surface area contributed by atoms with E-state index in [2.05, 4.69) is 21.2 Å². The number of benzene rings is 3. The highest BCUT2D eigenvalue weighted by molar-refractivity contribution is 9.10. The first-order valence-electron chi connectivity index (χ1n) is 9.71. The Bertz CT molecular complexity index is 1080. The van der Waals surface area contributed by atoms with Crippen molar-refractivity contribution >= 4 is 28.0 Å². The number of halogens is 2. The molecule has 3 aromatic carbocycles. The Morgan fingerprint density at radius 2 is 1.65 bits per heavy atom. The smallest absolute Gasteiger partial charge is 0.407 e. The Morgan fingerprint density at radius 3 is 2.23 bits per heavy atom. The van der Waals surface area contributed by atoms with Crippen molar-refractivity contribution in [2.24, 2.45) is 0 Å². The maximum atomic E-state index is 13.6. The van der Waals surface area contributed by atoms with E-state index in [0.29, 0.717) is 10.0 Å². The highest BCUT2D eigenvalue weighted by Gasteiger charge is 2.29. The maximum Gasteiger partial charge on any atom is 0.407 e. The zero-order valence-corrected chi connectivity index (χ0v) is 17.9. The van der Waals surface area contributed by atoms with Gasteiger partial charge in [-0.3, -0.25) is 0 Å². The van der Waals surface area contributed by atoms with Crippen LogP contribution in [0.15, 0.2) is 71.2 Å². The van der Waals surface area contributed by atoms with Crippen LogP contribution < -0.4 is 5.32 Å². The van der Waals surface area contributed by atoms with Crippen molar-refractivity contribution in [1.82, 2.24) is 5.32 Å². The fraction of sp³-hybridized carbons (Fsp3) is 0.167. The molecule has 2 N–H and O–H groups in total. The molecule has 1 atom stereocenters. The highest BCUT2D eigenvalue weighted by Crippen LogP contribution is 2.44. The number of amides is 1. The number of fused-ring (bicyclic) bond motifs is 3. The van der Waals surface area contributed by atoms with E-state index in [0.717, 1.165) is 22.3 Å². The van der Waals surface area contributed by atoms with Crippen molar-refractivity contribution in [3.8, 4) is 11.1 Å². The summed E-state index contributed by atoms with van der Waals surface area (Å²) >= 11 is 3.18. The molecular weight excluding hydrogens is 465 g/mol. The first-order chi connectivity index (χ1) is 14.9. The predicted octanol–water partition coefficient (Wildman–Crippen LogP) is 5.12. The van der Waals surface area contributed by atoms with Gasteiger partial charge < -0.3 is 15.2 Å². The number of hydrogen-bond donors (Lipinski definition) is 2. The van der Waals surface area contributed by atoms with Crippen LogP contribution in [0.5, 0.6) is 0 Å². The van der Waals surface area contributed by atoms with Crippen molar-refractivity contribution in [3.05, 3.63) is 93.7 Å². The third kappa shape index (κ3) is 4.61. The van der Waals surface area contributed by atoms with Gasteiger partial charge in [0.15, 0.2) is 0 Å². The molecule has 5 nitrogen and oxygen atoms in total. The first kappa shape index (κ1) is 21.1. The van der Waals surface area contributed by atoms with Crippen molar-refractivity contribution in [3.63, 3.8) is 0 Å². The van der Waals surface area contributed by atoms with Crippen LogP contribution in [-0.2, 0) is 16.0 Å². The van der Waals surface area contributed by atoms with Crippen molar-refractivity contribution in [1.29, 1.82) is 0 Å². The number of aliphatic carboxylic acids is 1. The van der Waals surface area contributed by atoms with Gasteiger partial charge in [0.2, 0.25) is 0 Å². The molecule has 158 valence electrons. The van der Waals surface area contributed by atoms with Gasteiger partial charge in [-0.05, 0) is 46.0 Å². The van der Waals surface area contributed by atoms with E-state index in [9.17, 15) is 19.1 Å². The van der Waals surface area contributed by atoms with E-state index in [1.807, 2.05) is 48.5 Å². The van der Waals surface area contributed by atoms with Crippen LogP contribution in [-0.4, -0.2) is 29.8 Å². The van der Waals surface area contributed by atoms with Gasteiger partial charge in [-0.1, -0.05) is 64.5 Å². The lowest BCUT2D eigenvalue weighted by Crippen LogP contribution is -2.42. The van der Waals surface area contributed by atoms with Crippen LogP contribution in [0.25, 0.3) is 11.1 Å². The zero-order valence-electron chi connectivity index (χ0n) is 16.3. The molecule has 0 bridgehead atoms. The summed E-state index contributed by atoms with van der Waals surface area (Å²) in [7, 11) is 0. The van der Waals surface area contributed by atoms with E-state index >= 15 is 0 Å². The van der Waals surface area contributed by atoms with Crippen molar-refractivity contribution < 1.29 is 23.8 Å². The summed E-state index contributed by atoms with van der Waals surface area (Å²) in [6, 6.07) is 18.8. The molecule has 0 radical (unpaired) electrons. The molecule has 0 saturated carbocycles. The molecule has 3 aromatic rings. The summed E-state index contributed by atoms with van der Waals surface area (Å²) in [5.41, 5.74) is 4.78.